The van der Waals surface area contributed by atoms with Crippen LogP contribution in [-0.2, 0) is 12.2 Å². The summed E-state index contributed by atoms with van der Waals surface area (Å²) in [5, 5.41) is 10.7. The molecule has 0 aliphatic heterocycles. The predicted molar refractivity (Wildman–Crippen MR) is 99.0 cm³/mol. The van der Waals surface area contributed by atoms with E-state index in [1.165, 1.54) is 22.3 Å². The van der Waals surface area contributed by atoms with Crippen LogP contribution in [0.2, 0.25) is 0 Å². The molecule has 0 atom stereocenters. The van der Waals surface area contributed by atoms with Crippen molar-refractivity contribution in [3.63, 3.8) is 0 Å². The van der Waals surface area contributed by atoms with Crippen LogP contribution < -0.4 is 5.56 Å². The first-order chi connectivity index (χ1) is 12.7. The maximum absolute atomic E-state index is 12.3. The van der Waals surface area contributed by atoms with Crippen molar-refractivity contribution in [2.24, 2.45) is 0 Å². The second kappa shape index (κ2) is 7.12. The standard InChI is InChI=1S/C17H17N7OS/c1-2-6-13-19-17(22-21-13)26-10-12-9-14(25)24-16(18-12)20-15(23-24)11-7-4-3-5-8-11/h3-5,7-9H,2,6,10H2,1H3,(H,18,20,23)(H,19,21,22). The third-order valence-electron chi connectivity index (χ3n) is 3.78. The van der Waals surface area contributed by atoms with Gasteiger partial charge in [0.2, 0.25) is 5.16 Å². The van der Waals surface area contributed by atoms with Gasteiger partial charge < -0.3 is 0 Å². The van der Waals surface area contributed by atoms with Crippen LogP contribution in [0, 0.1) is 0 Å². The van der Waals surface area contributed by atoms with Crippen molar-refractivity contribution in [2.75, 3.05) is 0 Å². The number of nitrogens with zero attached hydrogens (tertiary/aromatic N) is 5. The topological polar surface area (TPSA) is 105 Å². The molecular weight excluding hydrogens is 350 g/mol. The molecule has 3 aromatic heterocycles. The Kier molecular flexibility index (Phi) is 4.53. The Labute approximate surface area is 153 Å². The first-order valence-corrected chi connectivity index (χ1v) is 9.29. The van der Waals surface area contributed by atoms with Crippen LogP contribution in [0.1, 0.15) is 24.9 Å². The third-order valence-corrected chi connectivity index (χ3v) is 4.66. The van der Waals surface area contributed by atoms with Gasteiger partial charge in [-0.05, 0) is 6.42 Å². The highest BCUT2D eigenvalue weighted by atomic mass is 32.2. The van der Waals surface area contributed by atoms with Crippen LogP contribution in [0.3, 0.4) is 0 Å². The van der Waals surface area contributed by atoms with Crippen LogP contribution in [-0.4, -0.2) is 34.8 Å². The molecule has 132 valence electrons. The molecule has 8 nitrogen and oxygen atoms in total. The number of thioether (sulfide) groups is 1. The summed E-state index contributed by atoms with van der Waals surface area (Å²) in [7, 11) is 0. The summed E-state index contributed by atoms with van der Waals surface area (Å²) in [5.74, 6) is 2.34. The first-order valence-electron chi connectivity index (χ1n) is 8.31. The zero-order chi connectivity index (χ0) is 17.9. The molecule has 0 saturated carbocycles. The molecule has 0 unspecified atom stereocenters. The minimum absolute atomic E-state index is 0.193. The molecule has 0 spiro atoms. The fourth-order valence-electron chi connectivity index (χ4n) is 2.56. The van der Waals surface area contributed by atoms with E-state index in [-0.39, 0.29) is 5.56 Å². The van der Waals surface area contributed by atoms with Gasteiger partial charge in [-0.25, -0.2) is 9.97 Å². The molecule has 0 fully saturated rings. The van der Waals surface area contributed by atoms with E-state index in [4.69, 9.17) is 0 Å². The molecule has 3 heterocycles. The number of fused-ring (bicyclic) bond motifs is 1. The van der Waals surface area contributed by atoms with Gasteiger partial charge in [-0.3, -0.25) is 15.0 Å². The summed E-state index contributed by atoms with van der Waals surface area (Å²) in [5.41, 5.74) is 1.35. The zero-order valence-corrected chi connectivity index (χ0v) is 15.0. The molecule has 26 heavy (non-hydrogen) atoms. The van der Waals surface area contributed by atoms with Crippen LogP contribution in [0.4, 0.5) is 0 Å². The molecule has 0 aliphatic carbocycles. The SMILES string of the molecule is CCCc1nc(SCc2cc(=O)n3[nH]c(-c4ccccc4)nc3n2)n[nH]1. The van der Waals surface area contributed by atoms with E-state index in [0.29, 0.717) is 28.2 Å². The van der Waals surface area contributed by atoms with Crippen molar-refractivity contribution in [3.8, 4) is 11.4 Å². The largest absolute Gasteiger partial charge is 0.274 e. The highest BCUT2D eigenvalue weighted by molar-refractivity contribution is 7.98. The maximum Gasteiger partial charge on any atom is 0.274 e. The van der Waals surface area contributed by atoms with Gasteiger partial charge in [0.15, 0.2) is 5.82 Å². The fraction of sp³-hybridized carbons (Fsp3) is 0.235. The number of rotatable bonds is 6. The van der Waals surface area contributed by atoms with Gasteiger partial charge in [0.25, 0.3) is 11.3 Å². The number of hydrogen-bond donors (Lipinski definition) is 2. The normalized spacial score (nSPS) is 11.3. The summed E-state index contributed by atoms with van der Waals surface area (Å²) >= 11 is 1.44. The summed E-state index contributed by atoms with van der Waals surface area (Å²) in [6, 6.07) is 11.1. The van der Waals surface area contributed by atoms with Gasteiger partial charge in [0.1, 0.15) is 5.82 Å². The minimum atomic E-state index is -0.193. The molecule has 1 aromatic carbocycles. The number of aromatic amines is 2. The number of aromatic nitrogens is 7. The van der Waals surface area contributed by atoms with Crippen LogP contribution in [0.15, 0.2) is 46.3 Å². The van der Waals surface area contributed by atoms with E-state index in [2.05, 4.69) is 37.2 Å². The van der Waals surface area contributed by atoms with Crippen LogP contribution in [0.5, 0.6) is 0 Å². The Morgan fingerprint density at radius 3 is 2.81 bits per heavy atom. The third kappa shape index (κ3) is 3.38. The monoisotopic (exact) mass is 367 g/mol. The summed E-state index contributed by atoms with van der Waals surface area (Å²) < 4.78 is 1.35. The molecule has 2 N–H and O–H groups in total. The lowest BCUT2D eigenvalue weighted by Gasteiger charge is -1.97. The second-order valence-corrected chi connectivity index (χ2v) is 6.71. The highest BCUT2D eigenvalue weighted by Crippen LogP contribution is 2.18. The second-order valence-electron chi connectivity index (χ2n) is 5.76. The Bertz CT molecular complexity index is 1080. The maximum atomic E-state index is 12.3. The molecule has 0 bridgehead atoms. The van der Waals surface area contributed by atoms with Gasteiger partial charge >= 0.3 is 0 Å². The molecule has 0 radical (unpaired) electrons. The number of hydrogen-bond acceptors (Lipinski definition) is 6. The van der Waals surface area contributed by atoms with Gasteiger partial charge in [-0.2, -0.15) is 9.50 Å². The van der Waals surface area contributed by atoms with Crippen molar-refractivity contribution in [1.29, 1.82) is 0 Å². The number of nitrogens with one attached hydrogen (secondary N) is 2. The van der Waals surface area contributed by atoms with Crippen LogP contribution >= 0.6 is 11.8 Å². The minimum Gasteiger partial charge on any atom is -0.271 e. The van der Waals surface area contributed by atoms with Gasteiger partial charge in [-0.1, -0.05) is 49.0 Å². The van der Waals surface area contributed by atoms with Crippen molar-refractivity contribution < 1.29 is 0 Å². The molecule has 9 heteroatoms. The Balaban J connectivity index is 1.57. The zero-order valence-electron chi connectivity index (χ0n) is 14.1. The molecule has 0 amide bonds. The van der Waals surface area contributed by atoms with Crippen LogP contribution in [0.25, 0.3) is 17.2 Å². The number of benzene rings is 1. The molecule has 4 aromatic rings. The molecular formula is C17H17N7OS. The average Bonchev–Trinajstić information content (AvgIpc) is 3.28. The number of aryl methyl sites for hydroxylation is 1. The predicted octanol–water partition coefficient (Wildman–Crippen LogP) is 2.45. The van der Waals surface area contributed by atoms with Crippen molar-refractivity contribution in [1.82, 2.24) is 34.8 Å². The van der Waals surface area contributed by atoms with Crippen molar-refractivity contribution in [2.45, 2.75) is 30.7 Å². The van der Waals surface area contributed by atoms with E-state index in [1.54, 1.807) is 0 Å². The van der Waals surface area contributed by atoms with Crippen molar-refractivity contribution >= 4 is 17.5 Å². The van der Waals surface area contributed by atoms with Gasteiger partial charge in [0, 0.05) is 23.8 Å². The van der Waals surface area contributed by atoms with E-state index >= 15 is 0 Å². The van der Waals surface area contributed by atoms with E-state index in [9.17, 15) is 4.79 Å². The van der Waals surface area contributed by atoms with Gasteiger partial charge in [0.05, 0.1) is 5.69 Å². The molecule has 0 saturated heterocycles. The lowest BCUT2D eigenvalue weighted by molar-refractivity contribution is 0.840. The summed E-state index contributed by atoms with van der Waals surface area (Å²) in [6.07, 6.45) is 1.88. The van der Waals surface area contributed by atoms with E-state index < -0.39 is 0 Å². The summed E-state index contributed by atoms with van der Waals surface area (Å²) in [4.78, 5) is 25.7. The van der Waals surface area contributed by atoms with Gasteiger partial charge in [-0.15, -0.1) is 5.10 Å². The van der Waals surface area contributed by atoms with Crippen molar-refractivity contribution in [3.05, 3.63) is 58.3 Å². The smallest absolute Gasteiger partial charge is 0.271 e. The number of H-pyrrole nitrogens is 2. The van der Waals surface area contributed by atoms with E-state index in [1.807, 2.05) is 30.3 Å². The molecule has 0 aliphatic rings. The lowest BCUT2D eigenvalue weighted by Crippen LogP contribution is -2.15. The lowest BCUT2D eigenvalue weighted by atomic mass is 10.2. The average molecular weight is 367 g/mol. The Morgan fingerprint density at radius 1 is 1.15 bits per heavy atom. The summed E-state index contributed by atoms with van der Waals surface area (Å²) in [6.45, 7) is 2.09. The first kappa shape index (κ1) is 16.5. The molecule has 4 rings (SSSR count). The Hall–Kier alpha value is -2.94. The Morgan fingerprint density at radius 2 is 2.00 bits per heavy atom. The fourth-order valence-corrected chi connectivity index (χ4v) is 3.27. The quantitative estimate of drug-likeness (QED) is 0.507. The van der Waals surface area contributed by atoms with E-state index in [0.717, 1.165) is 24.2 Å². The highest BCUT2D eigenvalue weighted by Gasteiger charge is 2.11.